The molecule has 0 unspecified atom stereocenters. The first-order valence-electron chi connectivity index (χ1n) is 6.73. The van der Waals surface area contributed by atoms with Crippen LogP contribution in [0.1, 0.15) is 51.4 Å². The van der Waals surface area contributed by atoms with Crippen molar-refractivity contribution in [3.05, 3.63) is 0 Å². The fourth-order valence-electron chi connectivity index (χ4n) is 2.82. The average molecular weight is 224 g/mol. The second-order valence-corrected chi connectivity index (χ2v) is 5.36. The lowest BCUT2D eigenvalue weighted by Crippen LogP contribution is -2.38. The van der Waals surface area contributed by atoms with E-state index in [0.717, 1.165) is 19.5 Å². The monoisotopic (exact) mass is 224 g/mol. The van der Waals surface area contributed by atoms with Gasteiger partial charge in [-0.25, -0.2) is 0 Å². The molecule has 1 fully saturated rings. The summed E-state index contributed by atoms with van der Waals surface area (Å²) in [6.45, 7) is 2.23. The predicted molar refractivity (Wildman–Crippen MR) is 66.8 cm³/mol. The number of hydrogen-bond donors (Lipinski definition) is 2. The maximum Gasteiger partial charge on any atom is 0.0963 e. The minimum Gasteiger partial charge on any atom is -0.396 e. The first-order valence-corrected chi connectivity index (χ1v) is 6.73. The maximum absolute atomic E-state index is 9.52. The van der Waals surface area contributed by atoms with Gasteiger partial charge in [0.15, 0.2) is 0 Å². The zero-order valence-electron chi connectivity index (χ0n) is 10.2. The lowest BCUT2D eigenvalue weighted by molar-refractivity contribution is 0.133. The standard InChI is InChI=1S/C13H24N2O/c16-11-13(7-3-4-8-13)10-15-12-6-2-1-5-9-14-12/h16H,1-11H2,(H,14,15). The number of rotatable bonds is 3. The number of aliphatic imine (C=N–C) groups is 1. The van der Waals surface area contributed by atoms with Gasteiger partial charge in [-0.15, -0.1) is 0 Å². The van der Waals surface area contributed by atoms with Gasteiger partial charge in [-0.05, 0) is 25.7 Å². The Labute approximate surface area is 98.3 Å². The molecule has 0 atom stereocenters. The van der Waals surface area contributed by atoms with Crippen molar-refractivity contribution in [1.82, 2.24) is 5.32 Å². The van der Waals surface area contributed by atoms with E-state index in [1.165, 1.54) is 50.8 Å². The Morgan fingerprint density at radius 1 is 1.12 bits per heavy atom. The van der Waals surface area contributed by atoms with Crippen LogP contribution in [0.2, 0.25) is 0 Å². The summed E-state index contributed by atoms with van der Waals surface area (Å²) in [5, 5.41) is 13.0. The van der Waals surface area contributed by atoms with E-state index in [1.54, 1.807) is 0 Å². The molecule has 1 aliphatic carbocycles. The zero-order valence-corrected chi connectivity index (χ0v) is 10.2. The van der Waals surface area contributed by atoms with Crippen LogP contribution in [-0.4, -0.2) is 30.6 Å². The SMILES string of the molecule is OCC1(CNC2=NCCCCC2)CCCC1. The molecule has 0 saturated heterocycles. The summed E-state index contributed by atoms with van der Waals surface area (Å²) in [6, 6.07) is 0. The van der Waals surface area contributed by atoms with E-state index in [0.29, 0.717) is 6.61 Å². The van der Waals surface area contributed by atoms with Crippen LogP contribution in [0.3, 0.4) is 0 Å². The molecule has 3 heteroatoms. The fraction of sp³-hybridized carbons (Fsp3) is 0.923. The van der Waals surface area contributed by atoms with Crippen LogP contribution in [0.15, 0.2) is 4.99 Å². The molecule has 2 N–H and O–H groups in total. The van der Waals surface area contributed by atoms with E-state index in [-0.39, 0.29) is 5.41 Å². The van der Waals surface area contributed by atoms with Crippen molar-refractivity contribution in [2.24, 2.45) is 10.4 Å². The van der Waals surface area contributed by atoms with Crippen LogP contribution in [-0.2, 0) is 0 Å². The van der Waals surface area contributed by atoms with Gasteiger partial charge in [0.2, 0.25) is 0 Å². The van der Waals surface area contributed by atoms with Gasteiger partial charge in [0.1, 0.15) is 0 Å². The molecule has 0 aromatic rings. The number of aliphatic hydroxyl groups excluding tert-OH is 1. The third-order valence-electron chi connectivity index (χ3n) is 4.04. The minimum atomic E-state index is 0.148. The van der Waals surface area contributed by atoms with Crippen molar-refractivity contribution in [1.29, 1.82) is 0 Å². The molecule has 0 aromatic heterocycles. The Hall–Kier alpha value is -0.570. The van der Waals surface area contributed by atoms with Gasteiger partial charge in [0.05, 0.1) is 12.4 Å². The highest BCUT2D eigenvalue weighted by Crippen LogP contribution is 2.36. The Morgan fingerprint density at radius 3 is 2.69 bits per heavy atom. The Bertz CT molecular complexity index is 244. The van der Waals surface area contributed by atoms with Gasteiger partial charge >= 0.3 is 0 Å². The average Bonchev–Trinajstić information content (AvgIpc) is 2.63. The van der Waals surface area contributed by atoms with Crippen LogP contribution in [0.25, 0.3) is 0 Å². The normalized spacial score (nSPS) is 24.9. The first-order chi connectivity index (χ1) is 7.85. The molecule has 1 heterocycles. The molecule has 0 amide bonds. The minimum absolute atomic E-state index is 0.148. The van der Waals surface area contributed by atoms with Crippen molar-refractivity contribution in [3.63, 3.8) is 0 Å². The third-order valence-corrected chi connectivity index (χ3v) is 4.04. The van der Waals surface area contributed by atoms with Crippen LogP contribution in [0.4, 0.5) is 0 Å². The number of nitrogens with one attached hydrogen (secondary N) is 1. The summed E-state index contributed by atoms with van der Waals surface area (Å²) in [5.41, 5.74) is 0.148. The smallest absolute Gasteiger partial charge is 0.0963 e. The summed E-state index contributed by atoms with van der Waals surface area (Å²) in [7, 11) is 0. The molecule has 1 aliphatic heterocycles. The Balaban J connectivity index is 1.82. The van der Waals surface area contributed by atoms with Crippen LogP contribution < -0.4 is 5.32 Å². The quantitative estimate of drug-likeness (QED) is 0.771. The summed E-state index contributed by atoms with van der Waals surface area (Å²) < 4.78 is 0. The van der Waals surface area contributed by atoms with Crippen molar-refractivity contribution >= 4 is 5.84 Å². The highest BCUT2D eigenvalue weighted by atomic mass is 16.3. The van der Waals surface area contributed by atoms with E-state index in [2.05, 4.69) is 10.3 Å². The van der Waals surface area contributed by atoms with E-state index in [9.17, 15) is 5.11 Å². The van der Waals surface area contributed by atoms with E-state index in [1.807, 2.05) is 0 Å². The molecule has 16 heavy (non-hydrogen) atoms. The Kier molecular flexibility index (Phi) is 4.22. The van der Waals surface area contributed by atoms with Gasteiger partial charge in [0.25, 0.3) is 0 Å². The zero-order chi connectivity index (χ0) is 11.3. The lowest BCUT2D eigenvalue weighted by Gasteiger charge is -2.27. The number of amidine groups is 1. The highest BCUT2D eigenvalue weighted by molar-refractivity contribution is 5.82. The molecule has 2 aliphatic rings. The van der Waals surface area contributed by atoms with E-state index < -0.39 is 0 Å². The maximum atomic E-state index is 9.52. The molecule has 2 rings (SSSR count). The molecular weight excluding hydrogens is 200 g/mol. The summed E-state index contributed by atoms with van der Waals surface area (Å²) in [4.78, 5) is 4.57. The molecule has 3 nitrogen and oxygen atoms in total. The van der Waals surface area contributed by atoms with Crippen molar-refractivity contribution in [2.75, 3.05) is 19.7 Å². The van der Waals surface area contributed by atoms with Crippen LogP contribution in [0.5, 0.6) is 0 Å². The summed E-state index contributed by atoms with van der Waals surface area (Å²) in [5.74, 6) is 1.18. The molecule has 0 aromatic carbocycles. The highest BCUT2D eigenvalue weighted by Gasteiger charge is 2.33. The number of hydrogen-bond acceptors (Lipinski definition) is 3. The van der Waals surface area contributed by atoms with Crippen LogP contribution >= 0.6 is 0 Å². The van der Waals surface area contributed by atoms with Gasteiger partial charge in [-0.3, -0.25) is 4.99 Å². The van der Waals surface area contributed by atoms with Gasteiger partial charge in [-0.2, -0.15) is 0 Å². The lowest BCUT2D eigenvalue weighted by atomic mass is 9.87. The predicted octanol–water partition coefficient (Wildman–Crippen LogP) is 2.10. The first kappa shape index (κ1) is 11.9. The summed E-state index contributed by atoms with van der Waals surface area (Å²) >= 11 is 0. The molecule has 0 radical (unpaired) electrons. The van der Waals surface area contributed by atoms with Crippen molar-refractivity contribution in [2.45, 2.75) is 51.4 Å². The topological polar surface area (TPSA) is 44.6 Å². The van der Waals surface area contributed by atoms with Crippen molar-refractivity contribution in [3.8, 4) is 0 Å². The van der Waals surface area contributed by atoms with Gasteiger partial charge in [0, 0.05) is 24.9 Å². The van der Waals surface area contributed by atoms with Gasteiger partial charge < -0.3 is 10.4 Å². The van der Waals surface area contributed by atoms with E-state index in [4.69, 9.17) is 0 Å². The van der Waals surface area contributed by atoms with E-state index >= 15 is 0 Å². The summed E-state index contributed by atoms with van der Waals surface area (Å²) in [6.07, 6.45) is 9.78. The molecule has 0 spiro atoms. The number of nitrogens with zero attached hydrogens (tertiary/aromatic N) is 1. The molecule has 0 bridgehead atoms. The third kappa shape index (κ3) is 2.97. The number of aliphatic hydroxyl groups is 1. The van der Waals surface area contributed by atoms with Crippen molar-refractivity contribution < 1.29 is 5.11 Å². The fourth-order valence-corrected chi connectivity index (χ4v) is 2.82. The van der Waals surface area contributed by atoms with Gasteiger partial charge in [-0.1, -0.05) is 19.3 Å². The second-order valence-electron chi connectivity index (χ2n) is 5.36. The second kappa shape index (κ2) is 5.67. The molecule has 1 saturated carbocycles. The largest absolute Gasteiger partial charge is 0.396 e. The Morgan fingerprint density at radius 2 is 1.94 bits per heavy atom. The molecular formula is C13H24N2O. The molecule has 92 valence electrons. The van der Waals surface area contributed by atoms with Crippen LogP contribution in [0, 0.1) is 5.41 Å².